The van der Waals surface area contributed by atoms with E-state index in [1.54, 1.807) is 0 Å². The minimum Gasteiger partial charge on any atom is -0.465 e. The van der Waals surface area contributed by atoms with E-state index in [0.717, 1.165) is 13.2 Å². The summed E-state index contributed by atoms with van der Waals surface area (Å²) in [5.74, 6) is -0.809. The largest absolute Gasteiger partial charge is 0.465 e. The fraction of sp³-hybridized carbons (Fsp3) is 0.125. The number of benzene rings is 1. The summed E-state index contributed by atoms with van der Waals surface area (Å²) >= 11 is 5.62. The second kappa shape index (κ2) is 4.38. The predicted molar refractivity (Wildman–Crippen MR) is 55.8 cm³/mol. The van der Waals surface area contributed by atoms with E-state index in [2.05, 4.69) is 4.74 Å². The van der Waals surface area contributed by atoms with Gasteiger partial charge in [0, 0.05) is 15.7 Å². The van der Waals surface area contributed by atoms with Gasteiger partial charge in [0.2, 0.25) is 0 Å². The highest BCUT2D eigenvalue weighted by atomic mass is 35.7. The molecule has 0 unspecified atom stereocenters. The third-order valence-electron chi connectivity index (χ3n) is 1.61. The Hall–Kier alpha value is -0.780. The van der Waals surface area contributed by atoms with Crippen LogP contribution in [0.2, 0.25) is 5.02 Å². The quantitative estimate of drug-likeness (QED) is 0.609. The van der Waals surface area contributed by atoms with Gasteiger partial charge in [-0.25, -0.2) is 13.2 Å². The van der Waals surface area contributed by atoms with E-state index in [-0.39, 0.29) is 15.5 Å². The van der Waals surface area contributed by atoms with Crippen LogP contribution in [0, 0.1) is 0 Å². The van der Waals surface area contributed by atoms with E-state index in [9.17, 15) is 13.2 Å². The molecule has 1 aromatic rings. The van der Waals surface area contributed by atoms with Gasteiger partial charge in [0.1, 0.15) is 0 Å². The number of carbonyl (C=O) groups is 1. The first kappa shape index (κ1) is 12.3. The molecule has 0 aliphatic carbocycles. The molecule has 7 heteroatoms. The zero-order valence-corrected chi connectivity index (χ0v) is 9.86. The summed E-state index contributed by atoms with van der Waals surface area (Å²) < 4.78 is 26.6. The minimum absolute atomic E-state index is 0.181. The molecule has 0 heterocycles. The molecule has 0 N–H and O–H groups in total. The molecule has 0 fully saturated rings. The maximum Gasteiger partial charge on any atom is 0.339 e. The van der Waals surface area contributed by atoms with Crippen molar-refractivity contribution in [1.29, 1.82) is 0 Å². The Balaban J connectivity index is 3.47. The molecule has 0 spiro atoms. The van der Waals surface area contributed by atoms with Gasteiger partial charge in [-0.05, 0) is 18.2 Å². The van der Waals surface area contributed by atoms with E-state index in [0.29, 0.717) is 0 Å². The van der Waals surface area contributed by atoms with Gasteiger partial charge >= 0.3 is 5.97 Å². The van der Waals surface area contributed by atoms with Gasteiger partial charge in [-0.2, -0.15) is 0 Å². The topological polar surface area (TPSA) is 60.4 Å². The van der Waals surface area contributed by atoms with Crippen LogP contribution in [0.15, 0.2) is 23.1 Å². The van der Waals surface area contributed by atoms with E-state index in [1.807, 2.05) is 0 Å². The van der Waals surface area contributed by atoms with Crippen molar-refractivity contribution in [3.8, 4) is 0 Å². The lowest BCUT2D eigenvalue weighted by Gasteiger charge is -2.04. The van der Waals surface area contributed by atoms with Crippen LogP contribution in [-0.4, -0.2) is 21.5 Å². The van der Waals surface area contributed by atoms with Gasteiger partial charge < -0.3 is 4.74 Å². The first-order chi connectivity index (χ1) is 6.86. The Morgan fingerprint density at radius 1 is 1.40 bits per heavy atom. The maximum atomic E-state index is 11.2. The predicted octanol–water partition coefficient (Wildman–Crippen LogP) is 2.05. The first-order valence-electron chi connectivity index (χ1n) is 3.69. The standard InChI is InChI=1S/C8H6Cl2O4S/c1-14-8(11)6-4-5(9)2-3-7(6)15(10,12)13/h2-4H,1H3. The van der Waals surface area contributed by atoms with Crippen molar-refractivity contribution in [3.63, 3.8) is 0 Å². The molecule has 0 aliphatic rings. The van der Waals surface area contributed by atoms with Crippen molar-refractivity contribution in [2.45, 2.75) is 4.90 Å². The molecular formula is C8H6Cl2O4S. The minimum atomic E-state index is -3.99. The highest BCUT2D eigenvalue weighted by Crippen LogP contribution is 2.24. The fourth-order valence-electron chi connectivity index (χ4n) is 0.984. The summed E-state index contributed by atoms with van der Waals surface area (Å²) in [6, 6.07) is 3.66. The van der Waals surface area contributed by atoms with Crippen molar-refractivity contribution in [2.75, 3.05) is 7.11 Å². The number of ether oxygens (including phenoxy) is 1. The zero-order chi connectivity index (χ0) is 11.6. The van der Waals surface area contributed by atoms with Crippen LogP contribution in [-0.2, 0) is 13.8 Å². The maximum absolute atomic E-state index is 11.2. The SMILES string of the molecule is COC(=O)c1cc(Cl)ccc1S(=O)(=O)Cl. The summed E-state index contributed by atoms with van der Waals surface area (Å²) in [6.07, 6.45) is 0. The molecule has 15 heavy (non-hydrogen) atoms. The zero-order valence-electron chi connectivity index (χ0n) is 7.53. The number of carbonyl (C=O) groups excluding carboxylic acids is 1. The van der Waals surface area contributed by atoms with Crippen LogP contribution in [0.3, 0.4) is 0 Å². The number of esters is 1. The Morgan fingerprint density at radius 2 is 2.00 bits per heavy atom. The van der Waals surface area contributed by atoms with Crippen LogP contribution < -0.4 is 0 Å². The molecule has 0 aliphatic heterocycles. The first-order valence-corrected chi connectivity index (χ1v) is 6.37. The average molecular weight is 269 g/mol. The fourth-order valence-corrected chi connectivity index (χ4v) is 2.20. The monoisotopic (exact) mass is 268 g/mol. The summed E-state index contributed by atoms with van der Waals surface area (Å²) in [5, 5.41) is 0.222. The molecule has 0 radical (unpaired) electrons. The third kappa shape index (κ3) is 2.84. The van der Waals surface area contributed by atoms with Gasteiger partial charge in [-0.1, -0.05) is 11.6 Å². The number of hydrogen-bond acceptors (Lipinski definition) is 4. The second-order valence-corrected chi connectivity index (χ2v) is 5.54. The molecular weight excluding hydrogens is 263 g/mol. The Kier molecular flexibility index (Phi) is 3.59. The number of methoxy groups -OCH3 is 1. The highest BCUT2D eigenvalue weighted by molar-refractivity contribution is 8.13. The lowest BCUT2D eigenvalue weighted by molar-refractivity contribution is 0.0596. The molecule has 0 aromatic heterocycles. The van der Waals surface area contributed by atoms with Crippen molar-refractivity contribution < 1.29 is 17.9 Å². The van der Waals surface area contributed by atoms with Gasteiger partial charge in [-0.15, -0.1) is 0 Å². The molecule has 0 amide bonds. The summed E-state index contributed by atoms with van der Waals surface area (Å²) in [4.78, 5) is 10.9. The average Bonchev–Trinajstić information content (AvgIpc) is 2.14. The number of rotatable bonds is 2. The molecule has 0 saturated heterocycles. The number of halogens is 2. The van der Waals surface area contributed by atoms with E-state index >= 15 is 0 Å². The third-order valence-corrected chi connectivity index (χ3v) is 3.22. The summed E-state index contributed by atoms with van der Waals surface area (Å²) in [6.45, 7) is 0. The second-order valence-electron chi connectivity index (χ2n) is 2.57. The Morgan fingerprint density at radius 3 is 2.47 bits per heavy atom. The van der Waals surface area contributed by atoms with Gasteiger partial charge in [0.25, 0.3) is 9.05 Å². The molecule has 0 atom stereocenters. The Bertz CT molecular complexity index is 495. The molecule has 1 rings (SSSR count). The van der Waals surface area contributed by atoms with Gasteiger partial charge in [0.05, 0.1) is 17.6 Å². The lowest BCUT2D eigenvalue weighted by Crippen LogP contribution is -2.07. The van der Waals surface area contributed by atoms with Crippen LogP contribution in [0.4, 0.5) is 0 Å². The smallest absolute Gasteiger partial charge is 0.339 e. The van der Waals surface area contributed by atoms with Crippen LogP contribution >= 0.6 is 22.3 Å². The molecule has 0 bridgehead atoms. The van der Waals surface area contributed by atoms with Crippen molar-refractivity contribution in [3.05, 3.63) is 28.8 Å². The normalized spacial score (nSPS) is 11.1. The van der Waals surface area contributed by atoms with Gasteiger partial charge in [-0.3, -0.25) is 0 Å². The summed E-state index contributed by atoms with van der Waals surface area (Å²) in [5.41, 5.74) is -0.181. The van der Waals surface area contributed by atoms with E-state index in [1.165, 1.54) is 12.1 Å². The highest BCUT2D eigenvalue weighted by Gasteiger charge is 2.21. The van der Waals surface area contributed by atoms with Crippen molar-refractivity contribution in [1.82, 2.24) is 0 Å². The lowest BCUT2D eigenvalue weighted by atomic mass is 10.2. The van der Waals surface area contributed by atoms with Crippen LogP contribution in [0.5, 0.6) is 0 Å². The Labute approximate surface area is 96.2 Å². The molecule has 0 saturated carbocycles. The van der Waals surface area contributed by atoms with Gasteiger partial charge in [0.15, 0.2) is 0 Å². The summed E-state index contributed by atoms with van der Waals surface area (Å²) in [7, 11) is 2.28. The van der Waals surface area contributed by atoms with Crippen LogP contribution in [0.1, 0.15) is 10.4 Å². The van der Waals surface area contributed by atoms with Crippen molar-refractivity contribution in [2.24, 2.45) is 0 Å². The molecule has 1 aromatic carbocycles. The molecule has 82 valence electrons. The van der Waals surface area contributed by atoms with E-state index in [4.69, 9.17) is 22.3 Å². The van der Waals surface area contributed by atoms with E-state index < -0.39 is 15.0 Å². The van der Waals surface area contributed by atoms with Crippen molar-refractivity contribution >= 4 is 37.3 Å². The molecule has 4 nitrogen and oxygen atoms in total. The number of hydrogen-bond donors (Lipinski definition) is 0. The van der Waals surface area contributed by atoms with Crippen LogP contribution in [0.25, 0.3) is 0 Å².